The molecule has 180 valence electrons. The number of aromatic nitrogens is 2. The highest BCUT2D eigenvalue weighted by molar-refractivity contribution is 7.19. The number of ether oxygens (including phenoxy) is 2. The summed E-state index contributed by atoms with van der Waals surface area (Å²) in [6.07, 6.45) is 5.81. The van der Waals surface area contributed by atoms with E-state index in [1.54, 1.807) is 25.6 Å². The predicted octanol–water partition coefficient (Wildman–Crippen LogP) is 4.50. The van der Waals surface area contributed by atoms with Crippen LogP contribution in [0.2, 0.25) is 0 Å². The van der Waals surface area contributed by atoms with Crippen LogP contribution in [0.25, 0.3) is 10.2 Å². The van der Waals surface area contributed by atoms with Crippen molar-refractivity contribution >= 4 is 39.3 Å². The first-order chi connectivity index (χ1) is 16.6. The molecule has 3 heterocycles. The molecule has 8 nitrogen and oxygen atoms in total. The van der Waals surface area contributed by atoms with E-state index in [2.05, 4.69) is 10.2 Å². The molecule has 34 heavy (non-hydrogen) atoms. The Morgan fingerprint density at radius 2 is 1.91 bits per heavy atom. The second kappa shape index (κ2) is 9.66. The van der Waals surface area contributed by atoms with Gasteiger partial charge in [-0.25, -0.2) is 4.98 Å². The summed E-state index contributed by atoms with van der Waals surface area (Å²) in [5, 5.41) is 14.1. The monoisotopic (exact) mass is 482 g/mol. The van der Waals surface area contributed by atoms with E-state index >= 15 is 0 Å². The molecule has 5 rings (SSSR count). The Morgan fingerprint density at radius 1 is 1.15 bits per heavy atom. The van der Waals surface area contributed by atoms with E-state index in [1.165, 1.54) is 23.3 Å². The molecule has 0 atom stereocenters. The summed E-state index contributed by atoms with van der Waals surface area (Å²) in [5.41, 5.74) is 2.45. The van der Waals surface area contributed by atoms with Gasteiger partial charge in [-0.2, -0.15) is 4.98 Å². The Balaban J connectivity index is 1.46. The Labute approximate surface area is 202 Å². The fourth-order valence-electron chi connectivity index (χ4n) is 4.92. The number of hydrogen-bond donors (Lipinski definition) is 2. The molecule has 1 aliphatic heterocycles. The molecular weight excluding hydrogens is 452 g/mol. The third-order valence-electron chi connectivity index (χ3n) is 6.84. The quantitative estimate of drug-likeness (QED) is 0.508. The van der Waals surface area contributed by atoms with Crippen LogP contribution in [0.4, 0.5) is 11.8 Å². The number of carboxylic acid groups (broad SMARTS) is 1. The van der Waals surface area contributed by atoms with Crippen molar-refractivity contribution < 1.29 is 19.4 Å². The van der Waals surface area contributed by atoms with Gasteiger partial charge in [0.05, 0.1) is 25.5 Å². The number of aryl methyl sites for hydroxylation is 2. The molecule has 0 unspecified atom stereocenters. The van der Waals surface area contributed by atoms with Crippen LogP contribution in [0.5, 0.6) is 11.5 Å². The van der Waals surface area contributed by atoms with E-state index in [1.807, 2.05) is 18.2 Å². The fourth-order valence-corrected chi connectivity index (χ4v) is 6.17. The van der Waals surface area contributed by atoms with Gasteiger partial charge in [0.25, 0.3) is 0 Å². The SMILES string of the molecule is COc1ccc(CNc2nc(N3CCC(C(=O)O)CC3)nc3sc4c(c23)CCCC4)cc1OC. The number of aliphatic carboxylic acids is 1. The number of hydrogen-bond acceptors (Lipinski definition) is 8. The molecule has 2 aromatic heterocycles. The average molecular weight is 483 g/mol. The number of methoxy groups -OCH3 is 2. The zero-order chi connectivity index (χ0) is 23.7. The zero-order valence-electron chi connectivity index (χ0n) is 19.6. The molecule has 0 bridgehead atoms. The van der Waals surface area contributed by atoms with Crippen molar-refractivity contribution in [1.29, 1.82) is 0 Å². The molecule has 0 amide bonds. The molecule has 9 heteroatoms. The topological polar surface area (TPSA) is 96.8 Å². The highest BCUT2D eigenvalue weighted by atomic mass is 32.1. The van der Waals surface area contributed by atoms with Crippen LogP contribution >= 0.6 is 11.3 Å². The standard InChI is InChI=1S/C25H30N4O4S/c1-32-18-8-7-15(13-19(18)33-2)14-26-22-21-17-5-3-4-6-20(17)34-23(21)28-25(27-22)29-11-9-16(10-12-29)24(30)31/h7-8,13,16H,3-6,9-12,14H2,1-2H3,(H,30,31)(H,26,27,28). The van der Waals surface area contributed by atoms with Gasteiger partial charge in [0, 0.05) is 24.5 Å². The van der Waals surface area contributed by atoms with E-state index in [0.29, 0.717) is 49.9 Å². The lowest BCUT2D eigenvalue weighted by atomic mass is 9.97. The maximum absolute atomic E-state index is 11.4. The molecule has 0 spiro atoms. The number of nitrogens with one attached hydrogen (secondary N) is 1. The van der Waals surface area contributed by atoms with Crippen molar-refractivity contribution in [2.45, 2.75) is 45.1 Å². The molecule has 2 aliphatic rings. The number of nitrogens with zero attached hydrogens (tertiary/aromatic N) is 3. The van der Waals surface area contributed by atoms with Crippen molar-refractivity contribution in [1.82, 2.24) is 9.97 Å². The minimum Gasteiger partial charge on any atom is -0.493 e. The van der Waals surface area contributed by atoms with Crippen molar-refractivity contribution in [3.8, 4) is 11.5 Å². The smallest absolute Gasteiger partial charge is 0.306 e. The van der Waals surface area contributed by atoms with Gasteiger partial charge in [0.1, 0.15) is 10.6 Å². The second-order valence-corrected chi connectivity index (χ2v) is 9.99. The molecule has 2 N–H and O–H groups in total. The molecule has 1 aromatic carbocycles. The lowest BCUT2D eigenvalue weighted by molar-refractivity contribution is -0.142. The molecule has 0 radical (unpaired) electrons. The number of benzene rings is 1. The highest BCUT2D eigenvalue weighted by Gasteiger charge is 2.28. The van der Waals surface area contributed by atoms with Crippen LogP contribution in [0.15, 0.2) is 18.2 Å². The lowest BCUT2D eigenvalue weighted by Crippen LogP contribution is -2.37. The van der Waals surface area contributed by atoms with Gasteiger partial charge in [0.2, 0.25) is 5.95 Å². The maximum atomic E-state index is 11.4. The van der Waals surface area contributed by atoms with Crippen LogP contribution in [-0.2, 0) is 24.2 Å². The average Bonchev–Trinajstić information content (AvgIpc) is 3.25. The largest absolute Gasteiger partial charge is 0.493 e. The summed E-state index contributed by atoms with van der Waals surface area (Å²) in [7, 11) is 3.27. The van der Waals surface area contributed by atoms with E-state index in [4.69, 9.17) is 19.4 Å². The van der Waals surface area contributed by atoms with Crippen molar-refractivity contribution in [3.63, 3.8) is 0 Å². The molecule has 1 fully saturated rings. The fraction of sp³-hybridized carbons (Fsp3) is 0.480. The number of rotatable bonds is 7. The third kappa shape index (κ3) is 4.36. The number of piperidine rings is 1. The van der Waals surface area contributed by atoms with Gasteiger partial charge < -0.3 is 24.8 Å². The van der Waals surface area contributed by atoms with Gasteiger partial charge in [-0.1, -0.05) is 6.07 Å². The summed E-state index contributed by atoms with van der Waals surface area (Å²) in [4.78, 5) is 25.9. The van der Waals surface area contributed by atoms with Gasteiger partial charge in [0.15, 0.2) is 11.5 Å². The molecular formula is C25H30N4O4S. The minimum absolute atomic E-state index is 0.281. The van der Waals surface area contributed by atoms with Crippen molar-refractivity contribution in [3.05, 3.63) is 34.2 Å². The zero-order valence-corrected chi connectivity index (χ0v) is 20.4. The molecule has 0 saturated carbocycles. The summed E-state index contributed by atoms with van der Waals surface area (Å²) >= 11 is 1.78. The minimum atomic E-state index is -0.709. The van der Waals surface area contributed by atoms with Crippen LogP contribution in [0.1, 0.15) is 41.7 Å². The van der Waals surface area contributed by atoms with Crippen molar-refractivity contribution in [2.75, 3.05) is 37.5 Å². The van der Waals surface area contributed by atoms with Crippen molar-refractivity contribution in [2.24, 2.45) is 5.92 Å². The number of carboxylic acids is 1. The third-order valence-corrected chi connectivity index (χ3v) is 8.02. The van der Waals surface area contributed by atoms with Gasteiger partial charge in [-0.05, 0) is 61.8 Å². The molecule has 1 saturated heterocycles. The first kappa shape index (κ1) is 22.7. The van der Waals surface area contributed by atoms with Crippen LogP contribution < -0.4 is 19.7 Å². The highest BCUT2D eigenvalue weighted by Crippen LogP contribution is 2.40. The normalized spacial score (nSPS) is 16.4. The first-order valence-corrected chi connectivity index (χ1v) is 12.6. The summed E-state index contributed by atoms with van der Waals surface area (Å²) in [6.45, 7) is 1.91. The van der Waals surface area contributed by atoms with Crippen LogP contribution in [-0.4, -0.2) is 48.4 Å². The number of carbonyl (C=O) groups is 1. The predicted molar refractivity (Wildman–Crippen MR) is 134 cm³/mol. The van der Waals surface area contributed by atoms with Gasteiger partial charge in [-0.3, -0.25) is 4.79 Å². The van der Waals surface area contributed by atoms with Gasteiger partial charge >= 0.3 is 5.97 Å². The summed E-state index contributed by atoms with van der Waals surface area (Å²) in [6, 6.07) is 5.91. The van der Waals surface area contributed by atoms with E-state index in [9.17, 15) is 9.90 Å². The Bertz CT molecular complexity index is 1200. The van der Waals surface area contributed by atoms with E-state index in [0.717, 1.165) is 34.4 Å². The van der Waals surface area contributed by atoms with E-state index < -0.39 is 5.97 Å². The van der Waals surface area contributed by atoms with E-state index in [-0.39, 0.29) is 5.92 Å². The first-order valence-electron chi connectivity index (χ1n) is 11.8. The Hall–Kier alpha value is -3.07. The number of fused-ring (bicyclic) bond motifs is 3. The maximum Gasteiger partial charge on any atom is 0.306 e. The van der Waals surface area contributed by atoms with Crippen LogP contribution in [0, 0.1) is 5.92 Å². The lowest BCUT2D eigenvalue weighted by Gasteiger charge is -2.30. The second-order valence-electron chi connectivity index (χ2n) is 8.91. The van der Waals surface area contributed by atoms with Crippen LogP contribution in [0.3, 0.4) is 0 Å². The summed E-state index contributed by atoms with van der Waals surface area (Å²) < 4.78 is 10.8. The Morgan fingerprint density at radius 3 is 2.65 bits per heavy atom. The molecule has 3 aromatic rings. The number of thiophene rings is 1. The summed E-state index contributed by atoms with van der Waals surface area (Å²) in [5.74, 6) is 1.95. The molecule has 1 aliphatic carbocycles. The van der Waals surface area contributed by atoms with Gasteiger partial charge in [-0.15, -0.1) is 11.3 Å². The Kier molecular flexibility index (Phi) is 6.45. The number of anilines is 2.